The van der Waals surface area contributed by atoms with E-state index >= 15 is 0 Å². The first-order valence-corrected chi connectivity index (χ1v) is 8.92. The zero-order valence-corrected chi connectivity index (χ0v) is 15.5. The number of aryl methyl sites for hydroxylation is 1. The largest absolute Gasteiger partial charge is 0.336 e. The van der Waals surface area contributed by atoms with Crippen LogP contribution in [0.3, 0.4) is 0 Å². The van der Waals surface area contributed by atoms with Gasteiger partial charge in [0.15, 0.2) is 5.71 Å². The number of alkyl halides is 1. The van der Waals surface area contributed by atoms with Crippen LogP contribution in [0.25, 0.3) is 0 Å². The minimum atomic E-state index is -0.578. The molecule has 1 aliphatic rings. The number of fused-ring (bicyclic) bond motifs is 1. The van der Waals surface area contributed by atoms with Gasteiger partial charge in [-0.15, -0.1) is 11.6 Å². The molecule has 0 aliphatic carbocycles. The van der Waals surface area contributed by atoms with Gasteiger partial charge in [-0.2, -0.15) is 0 Å². The molecule has 0 spiro atoms. The number of halogens is 2. The summed E-state index contributed by atoms with van der Waals surface area (Å²) in [6.07, 6.45) is 0.0295. The number of carbonyl (C=O) groups excluding carboxylic acids is 2. The van der Waals surface area contributed by atoms with E-state index in [-0.39, 0.29) is 23.9 Å². The quantitative estimate of drug-likeness (QED) is 0.439. The van der Waals surface area contributed by atoms with Crippen LogP contribution in [0.1, 0.15) is 23.1 Å². The molecule has 0 radical (unpaired) electrons. The Kier molecular flexibility index (Phi) is 5.59. The minimum Gasteiger partial charge on any atom is -0.317 e. The van der Waals surface area contributed by atoms with Crippen LogP contribution in [0, 0.1) is 6.92 Å². The summed E-state index contributed by atoms with van der Waals surface area (Å²) in [4.78, 5) is 30.9. The first kappa shape index (κ1) is 18.4. The van der Waals surface area contributed by atoms with Crippen LogP contribution in [0.4, 0.5) is 5.69 Å². The number of rotatable bonds is 5. The lowest BCUT2D eigenvalue weighted by Gasteiger charge is -2.17. The highest BCUT2D eigenvalue weighted by molar-refractivity contribution is 6.54. The van der Waals surface area contributed by atoms with Crippen LogP contribution in [-0.4, -0.2) is 23.5 Å². The number of amides is 1. The molecule has 2 aromatic carbocycles. The van der Waals surface area contributed by atoms with Crippen molar-refractivity contribution < 1.29 is 14.4 Å². The van der Waals surface area contributed by atoms with Crippen molar-refractivity contribution in [1.82, 2.24) is 0 Å². The van der Waals surface area contributed by atoms with E-state index in [1.807, 2.05) is 37.3 Å². The number of nitrogens with zero attached hydrogens (tertiary/aromatic N) is 2. The molecule has 5 nitrogen and oxygen atoms in total. The lowest BCUT2D eigenvalue weighted by atomic mass is 10.1. The molecular weight excluding hydrogens is 375 g/mol. The molecular formula is C19H16Cl2N2O3. The standard InChI is InChI=1S/C19H16Cl2N2O3/c1-12-2-7-16-15(10-12)18(22-26-17(24)8-9-20)19(25)23(16)11-13-3-5-14(21)6-4-13/h2-7,10H,8-9,11H2,1H3/b22-18+. The lowest BCUT2D eigenvalue weighted by Crippen LogP contribution is -2.29. The van der Waals surface area contributed by atoms with E-state index in [0.717, 1.165) is 16.8 Å². The highest BCUT2D eigenvalue weighted by atomic mass is 35.5. The molecule has 0 aromatic heterocycles. The highest BCUT2D eigenvalue weighted by Gasteiger charge is 2.35. The van der Waals surface area contributed by atoms with Gasteiger partial charge in [-0.3, -0.25) is 4.79 Å². The summed E-state index contributed by atoms with van der Waals surface area (Å²) >= 11 is 11.4. The molecule has 0 atom stereocenters. The summed E-state index contributed by atoms with van der Waals surface area (Å²) in [5.41, 5.74) is 3.38. The SMILES string of the molecule is Cc1ccc2c(c1)/C(=N\OC(=O)CCCl)C(=O)N2Cc1ccc(Cl)cc1. The average molecular weight is 391 g/mol. The van der Waals surface area contributed by atoms with E-state index in [0.29, 0.717) is 17.1 Å². The summed E-state index contributed by atoms with van der Waals surface area (Å²) in [6.45, 7) is 2.28. The maximum absolute atomic E-state index is 12.9. The van der Waals surface area contributed by atoms with Crippen LogP contribution in [0.5, 0.6) is 0 Å². The van der Waals surface area contributed by atoms with Crippen LogP contribution in [0.2, 0.25) is 5.02 Å². The summed E-state index contributed by atoms with van der Waals surface area (Å²) < 4.78 is 0. The third-order valence-corrected chi connectivity index (χ3v) is 4.38. The van der Waals surface area contributed by atoms with E-state index in [1.165, 1.54) is 0 Å². The Morgan fingerprint density at radius 1 is 1.19 bits per heavy atom. The number of carbonyl (C=O) groups is 2. The molecule has 2 aromatic rings. The second kappa shape index (κ2) is 7.89. The van der Waals surface area contributed by atoms with Crippen molar-refractivity contribution in [3.8, 4) is 0 Å². The number of hydrogen-bond acceptors (Lipinski definition) is 4. The van der Waals surface area contributed by atoms with Crippen molar-refractivity contribution in [3.05, 3.63) is 64.2 Å². The molecule has 26 heavy (non-hydrogen) atoms. The van der Waals surface area contributed by atoms with Crippen molar-refractivity contribution in [2.24, 2.45) is 5.16 Å². The smallest absolute Gasteiger partial charge is 0.317 e. The second-order valence-electron chi connectivity index (χ2n) is 5.88. The monoisotopic (exact) mass is 390 g/mol. The normalized spacial score (nSPS) is 14.7. The summed E-state index contributed by atoms with van der Waals surface area (Å²) in [7, 11) is 0. The Labute approximate surface area is 161 Å². The average Bonchev–Trinajstić information content (AvgIpc) is 2.86. The van der Waals surface area contributed by atoms with Gasteiger partial charge in [0, 0.05) is 16.5 Å². The maximum Gasteiger partial charge on any atom is 0.336 e. The van der Waals surface area contributed by atoms with Gasteiger partial charge in [-0.1, -0.05) is 40.5 Å². The maximum atomic E-state index is 12.9. The number of benzene rings is 2. The zero-order chi connectivity index (χ0) is 18.7. The molecule has 0 N–H and O–H groups in total. The van der Waals surface area contributed by atoms with Crippen molar-refractivity contribution in [2.75, 3.05) is 10.8 Å². The molecule has 0 unspecified atom stereocenters. The Hall–Kier alpha value is -2.37. The fourth-order valence-electron chi connectivity index (χ4n) is 2.66. The topological polar surface area (TPSA) is 59.0 Å². The van der Waals surface area contributed by atoms with Gasteiger partial charge in [0.2, 0.25) is 0 Å². The highest BCUT2D eigenvalue weighted by Crippen LogP contribution is 2.32. The number of hydrogen-bond donors (Lipinski definition) is 0. The van der Waals surface area contributed by atoms with Crippen molar-refractivity contribution in [3.63, 3.8) is 0 Å². The van der Waals surface area contributed by atoms with Crippen LogP contribution in [0.15, 0.2) is 47.6 Å². The minimum absolute atomic E-state index is 0.0295. The van der Waals surface area contributed by atoms with Gasteiger partial charge in [0.25, 0.3) is 5.91 Å². The molecule has 0 fully saturated rings. The van der Waals surface area contributed by atoms with Gasteiger partial charge in [-0.25, -0.2) is 4.79 Å². The molecule has 1 aliphatic heterocycles. The van der Waals surface area contributed by atoms with E-state index in [9.17, 15) is 9.59 Å². The Morgan fingerprint density at radius 2 is 1.92 bits per heavy atom. The number of oxime groups is 1. The van der Waals surface area contributed by atoms with E-state index in [2.05, 4.69) is 5.16 Å². The zero-order valence-electron chi connectivity index (χ0n) is 14.0. The van der Waals surface area contributed by atoms with Crippen molar-refractivity contribution in [2.45, 2.75) is 19.9 Å². The lowest BCUT2D eigenvalue weighted by molar-refractivity contribution is -0.143. The fourth-order valence-corrected chi connectivity index (χ4v) is 2.94. The van der Waals surface area contributed by atoms with E-state index in [4.69, 9.17) is 28.0 Å². The Bertz CT molecular complexity index is 879. The van der Waals surface area contributed by atoms with Gasteiger partial charge in [0.05, 0.1) is 18.7 Å². The first-order valence-electron chi connectivity index (χ1n) is 8.00. The molecule has 134 valence electrons. The summed E-state index contributed by atoms with van der Waals surface area (Å²) in [6, 6.07) is 12.9. The van der Waals surface area contributed by atoms with Gasteiger partial charge < -0.3 is 9.74 Å². The molecule has 0 saturated heterocycles. The van der Waals surface area contributed by atoms with Crippen molar-refractivity contribution in [1.29, 1.82) is 0 Å². The molecule has 0 saturated carbocycles. The third kappa shape index (κ3) is 3.89. The van der Waals surface area contributed by atoms with E-state index < -0.39 is 5.97 Å². The van der Waals surface area contributed by atoms with Gasteiger partial charge >= 0.3 is 5.97 Å². The summed E-state index contributed by atoms with van der Waals surface area (Å²) in [5.74, 6) is -0.763. The van der Waals surface area contributed by atoms with Crippen LogP contribution in [-0.2, 0) is 21.0 Å². The third-order valence-electron chi connectivity index (χ3n) is 3.94. The van der Waals surface area contributed by atoms with E-state index in [1.54, 1.807) is 17.0 Å². The van der Waals surface area contributed by atoms with Crippen molar-refractivity contribution >= 4 is 46.5 Å². The second-order valence-corrected chi connectivity index (χ2v) is 6.69. The van der Waals surface area contributed by atoms with Crippen LogP contribution >= 0.6 is 23.2 Å². The van der Waals surface area contributed by atoms with Gasteiger partial charge in [-0.05, 0) is 36.8 Å². The predicted molar refractivity (Wildman–Crippen MR) is 102 cm³/mol. The fraction of sp³-hybridized carbons (Fsp3) is 0.211. The molecule has 1 heterocycles. The first-order chi connectivity index (χ1) is 12.5. The molecule has 3 rings (SSSR count). The molecule has 0 bridgehead atoms. The Morgan fingerprint density at radius 3 is 2.62 bits per heavy atom. The van der Waals surface area contributed by atoms with Gasteiger partial charge in [0.1, 0.15) is 0 Å². The Balaban J connectivity index is 1.92. The van der Waals surface area contributed by atoms with Crippen LogP contribution < -0.4 is 4.90 Å². The molecule has 1 amide bonds. The molecule has 7 heteroatoms. The summed E-state index contributed by atoms with van der Waals surface area (Å²) in [5, 5.41) is 4.44. The number of anilines is 1. The predicted octanol–water partition coefficient (Wildman–Crippen LogP) is 4.07.